The van der Waals surface area contributed by atoms with Crippen molar-refractivity contribution in [3.8, 4) is 0 Å². The van der Waals surface area contributed by atoms with Gasteiger partial charge in [0, 0.05) is 25.8 Å². The Balaban J connectivity index is 1.78. The fourth-order valence-electron chi connectivity index (χ4n) is 3.01. The lowest BCUT2D eigenvalue weighted by molar-refractivity contribution is -0.141. The Morgan fingerprint density at radius 1 is 1.23 bits per heavy atom. The summed E-state index contributed by atoms with van der Waals surface area (Å²) in [6.45, 7) is 5.24. The summed E-state index contributed by atoms with van der Waals surface area (Å²) < 4.78 is 43.9. The first-order valence-electron chi connectivity index (χ1n) is 8.46. The predicted octanol–water partition coefficient (Wildman–Crippen LogP) is 3.29. The van der Waals surface area contributed by atoms with Crippen LogP contribution in [-0.2, 0) is 10.9 Å². The molecule has 0 saturated carbocycles. The van der Waals surface area contributed by atoms with Crippen molar-refractivity contribution in [3.63, 3.8) is 0 Å². The monoisotopic (exact) mass is 366 g/mol. The molecule has 0 radical (unpaired) electrons. The minimum absolute atomic E-state index is 0.00283. The molecule has 5 nitrogen and oxygen atoms in total. The van der Waals surface area contributed by atoms with Crippen LogP contribution < -0.4 is 5.32 Å². The lowest BCUT2D eigenvalue weighted by Gasteiger charge is -2.35. The van der Waals surface area contributed by atoms with Crippen molar-refractivity contribution in [2.45, 2.75) is 19.1 Å². The smallest absolute Gasteiger partial charge is 0.379 e. The van der Waals surface area contributed by atoms with Gasteiger partial charge in [-0.15, -0.1) is 0 Å². The minimum Gasteiger partial charge on any atom is -0.379 e. The van der Waals surface area contributed by atoms with E-state index in [0.717, 1.165) is 36.5 Å². The largest absolute Gasteiger partial charge is 0.433 e. The van der Waals surface area contributed by atoms with Crippen molar-refractivity contribution < 1.29 is 17.9 Å². The van der Waals surface area contributed by atoms with Gasteiger partial charge in [0.2, 0.25) is 5.95 Å². The van der Waals surface area contributed by atoms with Crippen LogP contribution in [0.1, 0.15) is 22.9 Å². The molecule has 1 aromatic carbocycles. The van der Waals surface area contributed by atoms with E-state index in [-0.39, 0.29) is 12.0 Å². The molecule has 1 aliphatic rings. The molecule has 0 aliphatic carbocycles. The van der Waals surface area contributed by atoms with E-state index in [1.165, 1.54) is 0 Å². The molecule has 1 aromatic heterocycles. The molecule has 1 saturated heterocycles. The van der Waals surface area contributed by atoms with Gasteiger partial charge in [-0.1, -0.05) is 29.8 Å². The molecule has 140 valence electrons. The van der Waals surface area contributed by atoms with E-state index in [4.69, 9.17) is 4.74 Å². The standard InChI is InChI=1S/C18H21F3N4O/c1-13-3-2-4-14(11-13)15(25-7-9-26-10-8-25)12-23-17-22-6-5-16(24-17)18(19,20)21/h2-6,11,15H,7-10,12H2,1H3,(H,22,23,24)/t15-/m0/s1. The van der Waals surface area contributed by atoms with E-state index in [9.17, 15) is 13.2 Å². The maximum Gasteiger partial charge on any atom is 0.433 e. The summed E-state index contributed by atoms with van der Waals surface area (Å²) in [5.41, 5.74) is 1.29. The number of ether oxygens (including phenoxy) is 1. The topological polar surface area (TPSA) is 50.3 Å². The summed E-state index contributed by atoms with van der Waals surface area (Å²) in [6.07, 6.45) is -3.37. The molecule has 8 heteroatoms. The number of hydrogen-bond donors (Lipinski definition) is 1. The van der Waals surface area contributed by atoms with E-state index in [0.29, 0.717) is 19.8 Å². The summed E-state index contributed by atoms with van der Waals surface area (Å²) in [7, 11) is 0. The van der Waals surface area contributed by atoms with Gasteiger partial charge in [0.15, 0.2) is 0 Å². The number of alkyl halides is 3. The van der Waals surface area contributed by atoms with Crippen LogP contribution >= 0.6 is 0 Å². The average molecular weight is 366 g/mol. The second-order valence-electron chi connectivity index (χ2n) is 6.22. The molecule has 1 N–H and O–H groups in total. The summed E-state index contributed by atoms with van der Waals surface area (Å²) >= 11 is 0. The molecule has 26 heavy (non-hydrogen) atoms. The SMILES string of the molecule is Cc1cccc([C@H](CNc2nccc(C(F)(F)F)n2)N2CCOCC2)c1. The number of benzene rings is 1. The highest BCUT2D eigenvalue weighted by atomic mass is 19.4. The molecular weight excluding hydrogens is 345 g/mol. The molecule has 1 atom stereocenters. The summed E-state index contributed by atoms with van der Waals surface area (Å²) in [5, 5.41) is 2.97. The van der Waals surface area contributed by atoms with Gasteiger partial charge in [0.05, 0.1) is 19.3 Å². The molecule has 0 bridgehead atoms. The van der Waals surface area contributed by atoms with Gasteiger partial charge in [0.25, 0.3) is 0 Å². The summed E-state index contributed by atoms with van der Waals surface area (Å²) in [5.74, 6) is -0.0225. The highest BCUT2D eigenvalue weighted by Gasteiger charge is 2.33. The van der Waals surface area contributed by atoms with Crippen LogP contribution in [0.15, 0.2) is 36.5 Å². The Hall–Kier alpha value is -2.19. The number of hydrogen-bond acceptors (Lipinski definition) is 5. The molecule has 0 amide bonds. The third-order valence-electron chi connectivity index (χ3n) is 4.31. The molecule has 1 fully saturated rings. The average Bonchev–Trinajstić information content (AvgIpc) is 2.62. The Labute approximate surface area is 150 Å². The summed E-state index contributed by atoms with van der Waals surface area (Å²) in [6, 6.07) is 8.99. The zero-order valence-corrected chi connectivity index (χ0v) is 14.5. The maximum atomic E-state index is 12.8. The van der Waals surface area contributed by atoms with Gasteiger partial charge >= 0.3 is 6.18 Å². The van der Waals surface area contributed by atoms with Crippen LogP contribution in [0, 0.1) is 6.92 Å². The van der Waals surface area contributed by atoms with Crippen LogP contribution in [0.4, 0.5) is 19.1 Å². The number of nitrogens with zero attached hydrogens (tertiary/aromatic N) is 3. The molecule has 2 aromatic rings. The predicted molar refractivity (Wildman–Crippen MR) is 91.8 cm³/mol. The molecule has 2 heterocycles. The number of rotatable bonds is 5. The quantitative estimate of drug-likeness (QED) is 0.880. The van der Waals surface area contributed by atoms with Crippen molar-refractivity contribution in [2.75, 3.05) is 38.2 Å². The van der Waals surface area contributed by atoms with Crippen molar-refractivity contribution in [1.82, 2.24) is 14.9 Å². The first-order valence-corrected chi connectivity index (χ1v) is 8.46. The van der Waals surface area contributed by atoms with Gasteiger partial charge < -0.3 is 10.1 Å². The van der Waals surface area contributed by atoms with Gasteiger partial charge in [-0.05, 0) is 18.6 Å². The second kappa shape index (κ2) is 8.01. The fraction of sp³-hybridized carbons (Fsp3) is 0.444. The molecule has 3 rings (SSSR count). The Kier molecular flexibility index (Phi) is 5.73. The summed E-state index contributed by atoms with van der Waals surface area (Å²) in [4.78, 5) is 9.76. The number of anilines is 1. The third kappa shape index (κ3) is 4.70. The highest BCUT2D eigenvalue weighted by Crippen LogP contribution is 2.28. The zero-order valence-electron chi connectivity index (χ0n) is 14.5. The number of morpholine rings is 1. The minimum atomic E-state index is -4.49. The number of aromatic nitrogens is 2. The van der Waals surface area contributed by atoms with Gasteiger partial charge in [-0.2, -0.15) is 13.2 Å². The van der Waals surface area contributed by atoms with Crippen molar-refractivity contribution in [3.05, 3.63) is 53.3 Å². The van der Waals surface area contributed by atoms with Crippen LogP contribution in [-0.4, -0.2) is 47.7 Å². The van der Waals surface area contributed by atoms with Crippen LogP contribution in [0.5, 0.6) is 0 Å². The van der Waals surface area contributed by atoms with Crippen LogP contribution in [0.2, 0.25) is 0 Å². The molecular formula is C18H21F3N4O. The highest BCUT2D eigenvalue weighted by molar-refractivity contribution is 5.30. The van der Waals surface area contributed by atoms with E-state index >= 15 is 0 Å². The lowest BCUT2D eigenvalue weighted by atomic mass is 10.0. The van der Waals surface area contributed by atoms with Crippen molar-refractivity contribution in [1.29, 1.82) is 0 Å². The second-order valence-corrected chi connectivity index (χ2v) is 6.22. The normalized spacial score (nSPS) is 17.1. The van der Waals surface area contributed by atoms with Crippen molar-refractivity contribution in [2.24, 2.45) is 0 Å². The Morgan fingerprint density at radius 2 is 2.00 bits per heavy atom. The van der Waals surface area contributed by atoms with Gasteiger partial charge in [-0.3, -0.25) is 4.90 Å². The lowest BCUT2D eigenvalue weighted by Crippen LogP contribution is -2.41. The van der Waals surface area contributed by atoms with E-state index < -0.39 is 11.9 Å². The van der Waals surface area contributed by atoms with E-state index in [1.54, 1.807) is 0 Å². The van der Waals surface area contributed by atoms with Gasteiger partial charge in [0.1, 0.15) is 5.69 Å². The first kappa shape index (κ1) is 18.6. The maximum absolute atomic E-state index is 12.8. The number of halogens is 3. The fourth-order valence-corrected chi connectivity index (χ4v) is 3.01. The zero-order chi connectivity index (χ0) is 18.6. The van der Waals surface area contributed by atoms with Gasteiger partial charge in [-0.25, -0.2) is 9.97 Å². The first-order chi connectivity index (χ1) is 12.4. The Morgan fingerprint density at radius 3 is 2.69 bits per heavy atom. The Bertz CT molecular complexity index is 732. The third-order valence-corrected chi connectivity index (χ3v) is 4.31. The van der Waals surface area contributed by atoms with Crippen molar-refractivity contribution >= 4 is 5.95 Å². The molecule has 0 unspecified atom stereocenters. The number of nitrogens with one attached hydrogen (secondary N) is 1. The molecule has 1 aliphatic heterocycles. The van der Waals surface area contributed by atoms with Crippen LogP contribution in [0.3, 0.4) is 0 Å². The van der Waals surface area contributed by atoms with E-state index in [2.05, 4.69) is 26.3 Å². The van der Waals surface area contributed by atoms with Crippen LogP contribution in [0.25, 0.3) is 0 Å². The van der Waals surface area contributed by atoms with E-state index in [1.807, 2.05) is 25.1 Å². The number of aryl methyl sites for hydroxylation is 1. The molecule has 0 spiro atoms.